The number of hydrogen-bond acceptors (Lipinski definition) is 5. The van der Waals surface area contributed by atoms with Crippen molar-refractivity contribution in [1.82, 2.24) is 35.0 Å². The lowest BCUT2D eigenvalue weighted by Crippen LogP contribution is -2.27. The molecule has 1 unspecified atom stereocenters. The Morgan fingerprint density at radius 2 is 1.88 bits per heavy atom. The Morgan fingerprint density at radius 3 is 2.53 bits per heavy atom. The van der Waals surface area contributed by atoms with Crippen LogP contribution in [0.5, 0.6) is 0 Å². The van der Waals surface area contributed by atoms with E-state index in [-0.39, 0.29) is 11.7 Å². The van der Waals surface area contributed by atoms with Crippen LogP contribution in [0.4, 0.5) is 0 Å². The fourth-order valence-corrected chi connectivity index (χ4v) is 3.67. The van der Waals surface area contributed by atoms with Crippen molar-refractivity contribution in [2.45, 2.75) is 45.7 Å². The van der Waals surface area contributed by atoms with Gasteiger partial charge in [0.15, 0.2) is 0 Å². The number of hydrogen-bond donors (Lipinski definition) is 1. The van der Waals surface area contributed by atoms with E-state index in [1.54, 1.807) is 9.25 Å². The van der Waals surface area contributed by atoms with E-state index in [1.165, 1.54) is 0 Å². The summed E-state index contributed by atoms with van der Waals surface area (Å²) in [5.74, 6) is 1.35. The number of nitrogens with zero attached hydrogens (tertiary/aromatic N) is 6. The number of aromatic amines is 1. The molecule has 0 radical (unpaired) electrons. The van der Waals surface area contributed by atoms with E-state index in [0.29, 0.717) is 18.8 Å². The fourth-order valence-electron chi connectivity index (χ4n) is 3.67. The molecule has 0 bridgehead atoms. The van der Waals surface area contributed by atoms with Crippen LogP contribution in [0.25, 0.3) is 22.5 Å². The van der Waals surface area contributed by atoms with Gasteiger partial charge in [0.25, 0.3) is 0 Å². The summed E-state index contributed by atoms with van der Waals surface area (Å²) in [6.07, 6.45) is 4.18. The van der Waals surface area contributed by atoms with E-state index in [4.69, 9.17) is 0 Å². The summed E-state index contributed by atoms with van der Waals surface area (Å²) in [6.45, 7) is 8.36. The van der Waals surface area contributed by atoms with Gasteiger partial charge in [-0.05, 0) is 41.7 Å². The first-order valence-electron chi connectivity index (χ1n) is 10.8. The first kappa shape index (κ1) is 21.4. The molecule has 0 amide bonds. The molecule has 0 saturated heterocycles. The van der Waals surface area contributed by atoms with Crippen LogP contribution in [0.3, 0.4) is 0 Å². The Labute approximate surface area is 186 Å². The predicted octanol–water partition coefficient (Wildman–Crippen LogP) is 4.03. The summed E-state index contributed by atoms with van der Waals surface area (Å²) in [4.78, 5) is 13.0. The van der Waals surface area contributed by atoms with Gasteiger partial charge in [-0.1, -0.05) is 61.5 Å². The van der Waals surface area contributed by atoms with E-state index in [9.17, 15) is 4.79 Å². The Bertz CT molecular complexity index is 1240. The molecule has 0 aliphatic heterocycles. The quantitative estimate of drug-likeness (QED) is 0.405. The summed E-state index contributed by atoms with van der Waals surface area (Å²) < 4.78 is 3.38. The highest BCUT2D eigenvalue weighted by Crippen LogP contribution is 2.29. The molecule has 8 heteroatoms. The fraction of sp³-hybridized carbons (Fsp3) is 0.292. The maximum Gasteiger partial charge on any atom is 0.346 e. The maximum absolute atomic E-state index is 13.0. The van der Waals surface area contributed by atoms with Gasteiger partial charge >= 0.3 is 5.69 Å². The highest BCUT2D eigenvalue weighted by atomic mass is 16.2. The highest BCUT2D eigenvalue weighted by molar-refractivity contribution is 5.80. The molecule has 4 rings (SSSR count). The summed E-state index contributed by atoms with van der Waals surface area (Å²) in [5, 5.41) is 19.0. The zero-order chi connectivity index (χ0) is 22.5. The van der Waals surface area contributed by atoms with Crippen LogP contribution in [0.2, 0.25) is 0 Å². The van der Waals surface area contributed by atoms with E-state index >= 15 is 0 Å². The lowest BCUT2D eigenvalue weighted by atomic mass is 9.98. The minimum absolute atomic E-state index is 0.0649. The summed E-state index contributed by atoms with van der Waals surface area (Å²) >= 11 is 0. The third-order valence-electron chi connectivity index (χ3n) is 5.66. The van der Waals surface area contributed by atoms with Crippen molar-refractivity contribution in [2.24, 2.45) is 0 Å². The minimum atomic E-state index is -0.0649. The van der Waals surface area contributed by atoms with Crippen LogP contribution in [-0.4, -0.2) is 35.0 Å². The van der Waals surface area contributed by atoms with Gasteiger partial charge in [-0.3, -0.25) is 4.57 Å². The third-order valence-corrected chi connectivity index (χ3v) is 5.66. The average molecular weight is 430 g/mol. The number of tetrazole rings is 1. The van der Waals surface area contributed by atoms with Gasteiger partial charge in [-0.2, -0.15) is 10.3 Å². The molecular weight excluding hydrogens is 402 g/mol. The Hall–Kier alpha value is -3.81. The number of allylic oxidation sites excluding steroid dienone is 1. The van der Waals surface area contributed by atoms with Crippen molar-refractivity contribution in [3.63, 3.8) is 0 Å². The molecule has 0 fully saturated rings. The van der Waals surface area contributed by atoms with Gasteiger partial charge in [0, 0.05) is 12.0 Å². The molecule has 0 saturated carbocycles. The predicted molar refractivity (Wildman–Crippen MR) is 124 cm³/mol. The number of aromatic nitrogens is 7. The van der Waals surface area contributed by atoms with Crippen LogP contribution in [0.15, 0.2) is 66.0 Å². The molecule has 0 aliphatic rings. The second-order valence-electron chi connectivity index (χ2n) is 7.79. The van der Waals surface area contributed by atoms with Crippen molar-refractivity contribution in [3.05, 3.63) is 83.1 Å². The van der Waals surface area contributed by atoms with Crippen molar-refractivity contribution in [3.8, 4) is 22.5 Å². The van der Waals surface area contributed by atoms with Gasteiger partial charge in [-0.25, -0.2) is 9.48 Å². The molecule has 0 aliphatic carbocycles. The van der Waals surface area contributed by atoms with Crippen LogP contribution in [0.1, 0.15) is 44.1 Å². The Morgan fingerprint density at radius 1 is 1.12 bits per heavy atom. The Kier molecular flexibility index (Phi) is 6.39. The lowest BCUT2D eigenvalue weighted by molar-refractivity contribution is 0.456. The standard InChI is InChI=1S/C24H27N7O/c1-4-6-11-22-27-31(17(3)5-2)24(32)30(22)16-18-12-14-19(15-13-18)20-9-7-8-10-21(20)23-25-28-29-26-23/h4,7-10,12-15,17H,1,5-6,11,16H2,2-3H3,(H,25,26,28,29). The molecule has 1 N–H and O–H groups in total. The summed E-state index contributed by atoms with van der Waals surface area (Å²) in [6, 6.07) is 16.2. The number of benzene rings is 2. The summed E-state index contributed by atoms with van der Waals surface area (Å²) in [7, 11) is 0. The van der Waals surface area contributed by atoms with E-state index in [0.717, 1.165) is 40.9 Å². The Balaban J connectivity index is 1.64. The highest BCUT2D eigenvalue weighted by Gasteiger charge is 2.17. The maximum atomic E-state index is 13.0. The second-order valence-corrected chi connectivity index (χ2v) is 7.79. The first-order chi connectivity index (χ1) is 15.6. The molecule has 2 aromatic carbocycles. The number of rotatable bonds is 9. The van der Waals surface area contributed by atoms with E-state index < -0.39 is 0 Å². The number of nitrogens with one attached hydrogen (secondary N) is 1. The van der Waals surface area contributed by atoms with Gasteiger partial charge in [0.1, 0.15) is 5.82 Å². The SMILES string of the molecule is C=CCCc1nn(C(C)CC)c(=O)n1Cc1ccc(-c2ccccc2-c2nn[nH]n2)cc1. The summed E-state index contributed by atoms with van der Waals surface area (Å²) in [5.41, 5.74) is 3.95. The largest absolute Gasteiger partial charge is 0.346 e. The molecule has 8 nitrogen and oxygen atoms in total. The minimum Gasteiger partial charge on any atom is -0.274 e. The normalized spacial score (nSPS) is 12.1. The first-order valence-corrected chi connectivity index (χ1v) is 10.8. The third kappa shape index (κ3) is 4.30. The lowest BCUT2D eigenvalue weighted by Gasteiger charge is -2.09. The van der Waals surface area contributed by atoms with Crippen molar-refractivity contribution in [1.29, 1.82) is 0 Å². The molecular formula is C24H27N7O. The molecule has 4 aromatic rings. The molecule has 2 heterocycles. The molecule has 0 spiro atoms. The molecule has 164 valence electrons. The van der Waals surface area contributed by atoms with Crippen LogP contribution in [0, 0.1) is 0 Å². The number of aryl methyl sites for hydroxylation is 1. The molecule has 32 heavy (non-hydrogen) atoms. The van der Waals surface area contributed by atoms with Crippen molar-refractivity contribution in [2.75, 3.05) is 0 Å². The van der Waals surface area contributed by atoms with E-state index in [2.05, 4.69) is 51.4 Å². The topological polar surface area (TPSA) is 94.3 Å². The van der Waals surface area contributed by atoms with Gasteiger partial charge < -0.3 is 0 Å². The van der Waals surface area contributed by atoms with Crippen LogP contribution < -0.4 is 5.69 Å². The monoisotopic (exact) mass is 429 g/mol. The van der Waals surface area contributed by atoms with Gasteiger partial charge in [0.2, 0.25) is 5.82 Å². The zero-order valence-corrected chi connectivity index (χ0v) is 18.4. The molecule has 1 atom stereocenters. The van der Waals surface area contributed by atoms with Crippen molar-refractivity contribution >= 4 is 0 Å². The number of H-pyrrole nitrogens is 1. The molecule has 2 aromatic heterocycles. The van der Waals surface area contributed by atoms with Crippen LogP contribution in [-0.2, 0) is 13.0 Å². The second kappa shape index (κ2) is 9.55. The smallest absolute Gasteiger partial charge is 0.274 e. The average Bonchev–Trinajstić information content (AvgIpc) is 3.47. The van der Waals surface area contributed by atoms with Gasteiger partial charge in [0.05, 0.1) is 12.6 Å². The van der Waals surface area contributed by atoms with E-state index in [1.807, 2.05) is 49.4 Å². The zero-order valence-electron chi connectivity index (χ0n) is 18.4. The van der Waals surface area contributed by atoms with Crippen LogP contribution >= 0.6 is 0 Å². The van der Waals surface area contributed by atoms with Gasteiger partial charge in [-0.15, -0.1) is 16.8 Å². The van der Waals surface area contributed by atoms with Crippen molar-refractivity contribution < 1.29 is 0 Å².